The van der Waals surface area contributed by atoms with Crippen LogP contribution >= 0.6 is 0 Å². The van der Waals surface area contributed by atoms with Gasteiger partial charge in [0.15, 0.2) is 0 Å². The quantitative estimate of drug-likeness (QED) is 0.939. The van der Waals surface area contributed by atoms with Gasteiger partial charge in [-0.1, -0.05) is 6.42 Å². The van der Waals surface area contributed by atoms with Crippen molar-refractivity contribution in [3.63, 3.8) is 0 Å². The SMILES string of the molecule is CN(Cc1ccco1)[C@@H]1CCC[C@H]2CN(C(=O)c3ccc[nH]3)C[C@H]21. The van der Waals surface area contributed by atoms with E-state index >= 15 is 0 Å². The Kier molecular flexibility index (Phi) is 4.19. The van der Waals surface area contributed by atoms with Gasteiger partial charge in [-0.2, -0.15) is 0 Å². The highest BCUT2D eigenvalue weighted by Gasteiger charge is 2.43. The third kappa shape index (κ3) is 2.88. The van der Waals surface area contributed by atoms with E-state index in [0.717, 1.165) is 25.4 Å². The molecule has 1 saturated carbocycles. The van der Waals surface area contributed by atoms with Crippen molar-refractivity contribution in [3.8, 4) is 0 Å². The predicted molar refractivity (Wildman–Crippen MR) is 91.5 cm³/mol. The standard InChI is InChI=1S/C19H25N3O2/c1-21(12-15-6-4-10-24-15)18-8-2-5-14-11-22(13-16(14)18)19(23)17-7-3-9-20-17/h3-4,6-7,9-10,14,16,18,20H,2,5,8,11-13H2,1H3/t14-,16+,18+/m0/s1. The molecule has 2 aromatic heterocycles. The lowest BCUT2D eigenvalue weighted by atomic mass is 9.77. The van der Waals surface area contributed by atoms with Crippen molar-refractivity contribution >= 4 is 5.91 Å². The first kappa shape index (κ1) is 15.5. The van der Waals surface area contributed by atoms with Crippen LogP contribution in [-0.4, -0.2) is 46.9 Å². The van der Waals surface area contributed by atoms with Crippen LogP contribution in [0, 0.1) is 11.8 Å². The molecule has 0 unspecified atom stereocenters. The second kappa shape index (κ2) is 6.48. The zero-order valence-electron chi connectivity index (χ0n) is 14.1. The van der Waals surface area contributed by atoms with E-state index in [9.17, 15) is 4.79 Å². The van der Waals surface area contributed by atoms with Gasteiger partial charge >= 0.3 is 0 Å². The van der Waals surface area contributed by atoms with Gasteiger partial charge in [-0.15, -0.1) is 0 Å². The molecule has 1 aliphatic carbocycles. The third-order valence-electron chi connectivity index (χ3n) is 5.73. The number of amides is 1. The highest BCUT2D eigenvalue weighted by atomic mass is 16.3. The van der Waals surface area contributed by atoms with Crippen LogP contribution < -0.4 is 0 Å². The number of hydrogen-bond acceptors (Lipinski definition) is 3. The highest BCUT2D eigenvalue weighted by molar-refractivity contribution is 5.92. The van der Waals surface area contributed by atoms with Gasteiger partial charge < -0.3 is 14.3 Å². The van der Waals surface area contributed by atoms with Crippen LogP contribution in [0.1, 0.15) is 35.5 Å². The molecule has 2 aliphatic rings. The molecular weight excluding hydrogens is 302 g/mol. The summed E-state index contributed by atoms with van der Waals surface area (Å²) in [5.74, 6) is 2.35. The van der Waals surface area contributed by atoms with Crippen molar-refractivity contribution in [2.45, 2.75) is 31.8 Å². The zero-order valence-corrected chi connectivity index (χ0v) is 14.1. The number of furan rings is 1. The molecule has 128 valence electrons. The molecule has 2 aromatic rings. The van der Waals surface area contributed by atoms with Gasteiger partial charge in [-0.05, 0) is 56.0 Å². The first-order valence-electron chi connectivity index (χ1n) is 8.87. The van der Waals surface area contributed by atoms with Crippen LogP contribution in [-0.2, 0) is 6.54 Å². The smallest absolute Gasteiger partial charge is 0.270 e. The second-order valence-corrected chi connectivity index (χ2v) is 7.21. The van der Waals surface area contributed by atoms with E-state index in [0.29, 0.717) is 23.6 Å². The zero-order chi connectivity index (χ0) is 16.5. The van der Waals surface area contributed by atoms with E-state index in [4.69, 9.17) is 4.42 Å². The molecule has 0 radical (unpaired) electrons. The number of likely N-dealkylation sites (tertiary alicyclic amines) is 1. The Morgan fingerprint density at radius 2 is 2.25 bits per heavy atom. The van der Waals surface area contributed by atoms with Crippen LogP contribution in [0.2, 0.25) is 0 Å². The van der Waals surface area contributed by atoms with Crippen molar-refractivity contribution in [2.24, 2.45) is 11.8 Å². The summed E-state index contributed by atoms with van der Waals surface area (Å²) in [5.41, 5.74) is 0.703. The average molecular weight is 327 g/mol. The van der Waals surface area contributed by atoms with Crippen LogP contribution in [0.4, 0.5) is 0 Å². The number of rotatable bonds is 4. The molecule has 5 heteroatoms. The number of nitrogens with zero attached hydrogens (tertiary/aromatic N) is 2. The molecule has 0 spiro atoms. The van der Waals surface area contributed by atoms with Crippen LogP contribution in [0.3, 0.4) is 0 Å². The van der Waals surface area contributed by atoms with Gasteiger partial charge in [0.2, 0.25) is 0 Å². The van der Waals surface area contributed by atoms with E-state index in [1.807, 2.05) is 35.4 Å². The lowest BCUT2D eigenvalue weighted by Crippen LogP contribution is -2.43. The molecule has 3 atom stereocenters. The van der Waals surface area contributed by atoms with Crippen molar-refractivity contribution in [2.75, 3.05) is 20.1 Å². The lowest BCUT2D eigenvalue weighted by molar-refractivity contribution is 0.0762. The first-order valence-corrected chi connectivity index (χ1v) is 8.87. The van der Waals surface area contributed by atoms with Crippen LogP contribution in [0.5, 0.6) is 0 Å². The highest BCUT2D eigenvalue weighted by Crippen LogP contribution is 2.39. The molecule has 4 rings (SSSR count). The maximum Gasteiger partial charge on any atom is 0.270 e. The fourth-order valence-electron chi connectivity index (χ4n) is 4.55. The topological polar surface area (TPSA) is 52.5 Å². The number of aromatic nitrogens is 1. The molecule has 1 aliphatic heterocycles. The molecule has 1 N–H and O–H groups in total. The van der Waals surface area contributed by atoms with Gasteiger partial charge in [0, 0.05) is 25.3 Å². The van der Waals surface area contributed by atoms with Crippen molar-refractivity contribution in [1.29, 1.82) is 0 Å². The van der Waals surface area contributed by atoms with Gasteiger partial charge in [0.1, 0.15) is 11.5 Å². The summed E-state index contributed by atoms with van der Waals surface area (Å²) in [6, 6.07) is 8.25. The largest absolute Gasteiger partial charge is 0.468 e. The number of hydrogen-bond donors (Lipinski definition) is 1. The van der Waals surface area contributed by atoms with E-state index in [-0.39, 0.29) is 5.91 Å². The Bertz CT molecular complexity index is 665. The van der Waals surface area contributed by atoms with E-state index in [2.05, 4.69) is 16.9 Å². The molecule has 1 saturated heterocycles. The van der Waals surface area contributed by atoms with Gasteiger partial charge in [-0.25, -0.2) is 0 Å². The number of aromatic amines is 1. The molecule has 24 heavy (non-hydrogen) atoms. The monoisotopic (exact) mass is 327 g/mol. The minimum atomic E-state index is 0.141. The van der Waals surface area contributed by atoms with Gasteiger partial charge in [-0.3, -0.25) is 9.69 Å². The number of carbonyl (C=O) groups is 1. The molecule has 5 nitrogen and oxygen atoms in total. The van der Waals surface area contributed by atoms with Crippen molar-refractivity contribution in [1.82, 2.24) is 14.8 Å². The molecule has 0 aromatic carbocycles. The van der Waals surface area contributed by atoms with E-state index in [1.54, 1.807) is 6.26 Å². The minimum Gasteiger partial charge on any atom is -0.468 e. The first-order chi connectivity index (χ1) is 11.7. The van der Waals surface area contributed by atoms with Crippen molar-refractivity contribution in [3.05, 3.63) is 48.2 Å². The average Bonchev–Trinajstić information content (AvgIpc) is 3.33. The number of H-pyrrole nitrogens is 1. The lowest BCUT2D eigenvalue weighted by Gasteiger charge is -2.38. The number of fused-ring (bicyclic) bond motifs is 1. The Balaban J connectivity index is 1.45. The Morgan fingerprint density at radius 3 is 3.00 bits per heavy atom. The Labute approximate surface area is 142 Å². The number of carbonyl (C=O) groups excluding carboxylic acids is 1. The molecule has 0 bridgehead atoms. The fourth-order valence-corrected chi connectivity index (χ4v) is 4.55. The summed E-state index contributed by atoms with van der Waals surface area (Å²) in [6.07, 6.45) is 7.25. The predicted octanol–water partition coefficient (Wildman–Crippen LogP) is 2.98. The summed E-state index contributed by atoms with van der Waals surface area (Å²) in [4.78, 5) is 20.2. The summed E-state index contributed by atoms with van der Waals surface area (Å²) in [6.45, 7) is 2.61. The summed E-state index contributed by atoms with van der Waals surface area (Å²) in [5, 5.41) is 0. The molecule has 2 fully saturated rings. The maximum absolute atomic E-state index is 12.7. The summed E-state index contributed by atoms with van der Waals surface area (Å²) < 4.78 is 5.50. The molecule has 1 amide bonds. The molecule has 3 heterocycles. The minimum absolute atomic E-state index is 0.141. The van der Waals surface area contributed by atoms with Crippen LogP contribution in [0.25, 0.3) is 0 Å². The van der Waals surface area contributed by atoms with E-state index in [1.165, 1.54) is 19.3 Å². The Morgan fingerprint density at radius 1 is 1.33 bits per heavy atom. The summed E-state index contributed by atoms with van der Waals surface area (Å²) >= 11 is 0. The maximum atomic E-state index is 12.7. The van der Waals surface area contributed by atoms with E-state index < -0.39 is 0 Å². The normalized spacial score (nSPS) is 26.8. The molecular formula is C19H25N3O2. The van der Waals surface area contributed by atoms with Crippen LogP contribution in [0.15, 0.2) is 41.1 Å². The van der Waals surface area contributed by atoms with Gasteiger partial charge in [0.05, 0.1) is 12.8 Å². The van der Waals surface area contributed by atoms with Crippen molar-refractivity contribution < 1.29 is 9.21 Å². The number of nitrogens with one attached hydrogen (secondary N) is 1. The third-order valence-corrected chi connectivity index (χ3v) is 5.73. The Hall–Kier alpha value is -2.01. The second-order valence-electron chi connectivity index (χ2n) is 7.21. The summed E-state index contributed by atoms with van der Waals surface area (Å²) in [7, 11) is 2.19. The fraction of sp³-hybridized carbons (Fsp3) is 0.526. The van der Waals surface area contributed by atoms with Gasteiger partial charge in [0.25, 0.3) is 5.91 Å².